The number of nitrogens with one attached hydrogen (secondary N) is 1. The highest BCUT2D eigenvalue weighted by Crippen LogP contribution is 2.14. The molecule has 2 rings (SSSR count). The van der Waals surface area contributed by atoms with Gasteiger partial charge in [0.05, 0.1) is 6.61 Å². The minimum atomic E-state index is -0.188. The number of aromatic nitrogens is 1. The lowest BCUT2D eigenvalue weighted by Gasteiger charge is -2.24. The quantitative estimate of drug-likeness (QED) is 0.654. The molecule has 0 amide bonds. The van der Waals surface area contributed by atoms with E-state index >= 15 is 0 Å². The van der Waals surface area contributed by atoms with Gasteiger partial charge in [-0.3, -0.25) is 4.79 Å². The van der Waals surface area contributed by atoms with E-state index in [0.29, 0.717) is 5.56 Å². The van der Waals surface area contributed by atoms with Crippen LogP contribution in [0, 0.1) is 0 Å². The summed E-state index contributed by atoms with van der Waals surface area (Å²) in [4.78, 5) is 16.4. The van der Waals surface area contributed by atoms with E-state index in [4.69, 9.17) is 5.11 Å². The molecular weight excluding hydrogens is 180 g/mol. The highest BCUT2D eigenvalue weighted by molar-refractivity contribution is 5.27. The Labute approximate surface area is 82.2 Å². The van der Waals surface area contributed by atoms with Crippen LogP contribution in [-0.2, 0) is 19.6 Å². The van der Waals surface area contributed by atoms with Gasteiger partial charge in [-0.2, -0.15) is 0 Å². The second kappa shape index (κ2) is 3.55. The highest BCUT2D eigenvalue weighted by atomic mass is 16.3. The molecule has 0 saturated carbocycles. The van der Waals surface area contributed by atoms with E-state index in [0.717, 1.165) is 30.8 Å². The van der Waals surface area contributed by atoms with Gasteiger partial charge in [-0.25, -0.2) is 0 Å². The lowest BCUT2D eigenvalue weighted by Crippen LogP contribution is -2.30. The first-order chi connectivity index (χ1) is 6.70. The number of fused-ring (bicyclic) bond motifs is 1. The summed E-state index contributed by atoms with van der Waals surface area (Å²) in [7, 11) is 2.05. The van der Waals surface area contributed by atoms with E-state index in [-0.39, 0.29) is 12.2 Å². The maximum absolute atomic E-state index is 11.4. The number of nitrogens with zero attached hydrogens (tertiary/aromatic N) is 1. The van der Waals surface area contributed by atoms with Crippen molar-refractivity contribution in [2.24, 2.45) is 0 Å². The summed E-state index contributed by atoms with van der Waals surface area (Å²) in [6.45, 7) is 1.63. The van der Waals surface area contributed by atoms with Crippen molar-refractivity contribution >= 4 is 0 Å². The Bertz CT molecular complexity index is 398. The predicted molar refractivity (Wildman–Crippen MR) is 53.0 cm³/mol. The number of pyridine rings is 1. The number of rotatable bonds is 1. The normalized spacial score (nSPS) is 16.7. The molecule has 1 aromatic heterocycles. The molecule has 76 valence electrons. The number of hydrogen-bond acceptors (Lipinski definition) is 3. The van der Waals surface area contributed by atoms with Gasteiger partial charge < -0.3 is 15.0 Å². The Morgan fingerprint density at radius 2 is 2.43 bits per heavy atom. The summed E-state index contributed by atoms with van der Waals surface area (Å²) in [5.41, 5.74) is 2.45. The van der Waals surface area contributed by atoms with Crippen molar-refractivity contribution in [3.63, 3.8) is 0 Å². The fraction of sp³-hybridized carbons (Fsp3) is 0.500. The van der Waals surface area contributed by atoms with Crippen LogP contribution in [0.2, 0.25) is 0 Å². The molecule has 0 saturated heterocycles. The van der Waals surface area contributed by atoms with Crippen LogP contribution in [0.5, 0.6) is 0 Å². The van der Waals surface area contributed by atoms with Crippen molar-refractivity contribution in [3.05, 3.63) is 33.2 Å². The Balaban J connectivity index is 2.46. The van der Waals surface area contributed by atoms with Gasteiger partial charge in [-0.05, 0) is 18.7 Å². The van der Waals surface area contributed by atoms with Crippen molar-refractivity contribution in [2.75, 3.05) is 13.6 Å². The molecule has 0 unspecified atom stereocenters. The van der Waals surface area contributed by atoms with E-state index in [1.54, 1.807) is 0 Å². The van der Waals surface area contributed by atoms with Crippen molar-refractivity contribution in [2.45, 2.75) is 19.6 Å². The molecular formula is C10H14N2O2. The highest BCUT2D eigenvalue weighted by Gasteiger charge is 2.15. The zero-order chi connectivity index (χ0) is 10.1. The minimum Gasteiger partial charge on any atom is -0.391 e. The molecule has 0 atom stereocenters. The number of aromatic amines is 1. The number of aliphatic hydroxyl groups is 1. The molecule has 2 heterocycles. The van der Waals surface area contributed by atoms with E-state index in [1.807, 2.05) is 13.1 Å². The maximum Gasteiger partial charge on any atom is 0.253 e. The predicted octanol–water partition coefficient (Wildman–Crippen LogP) is -0.145. The molecule has 1 aromatic rings. The van der Waals surface area contributed by atoms with E-state index < -0.39 is 0 Å². The average Bonchev–Trinajstić information content (AvgIpc) is 2.17. The van der Waals surface area contributed by atoms with Crippen LogP contribution >= 0.6 is 0 Å². The standard InChI is InChI=1S/C10H14N2O2/c1-12-3-2-9-7(5-12)4-8(6-13)10(14)11-9/h4,13H,2-3,5-6H2,1H3,(H,11,14). The summed E-state index contributed by atoms with van der Waals surface area (Å²) in [5.74, 6) is 0. The number of hydrogen-bond donors (Lipinski definition) is 2. The second-order valence-electron chi connectivity index (χ2n) is 3.77. The first kappa shape index (κ1) is 9.43. The second-order valence-corrected chi connectivity index (χ2v) is 3.77. The third-order valence-electron chi connectivity index (χ3n) is 2.65. The molecule has 0 bridgehead atoms. The average molecular weight is 194 g/mol. The minimum absolute atomic E-state index is 0.157. The van der Waals surface area contributed by atoms with Crippen molar-refractivity contribution < 1.29 is 5.11 Å². The fourth-order valence-corrected chi connectivity index (χ4v) is 1.81. The van der Waals surface area contributed by atoms with Gasteiger partial charge in [0, 0.05) is 30.8 Å². The Kier molecular flexibility index (Phi) is 2.39. The van der Waals surface area contributed by atoms with Gasteiger partial charge in [0.25, 0.3) is 5.56 Å². The zero-order valence-corrected chi connectivity index (χ0v) is 8.21. The fourth-order valence-electron chi connectivity index (χ4n) is 1.81. The summed E-state index contributed by atoms with van der Waals surface area (Å²) >= 11 is 0. The Morgan fingerprint density at radius 1 is 1.64 bits per heavy atom. The van der Waals surface area contributed by atoms with Crippen molar-refractivity contribution in [1.82, 2.24) is 9.88 Å². The van der Waals surface area contributed by atoms with E-state index in [9.17, 15) is 4.79 Å². The molecule has 0 spiro atoms. The third-order valence-corrected chi connectivity index (χ3v) is 2.65. The molecule has 1 aliphatic heterocycles. The van der Waals surface area contributed by atoms with Crippen LogP contribution < -0.4 is 5.56 Å². The lowest BCUT2D eigenvalue weighted by molar-refractivity contribution is 0.277. The van der Waals surface area contributed by atoms with Crippen LogP contribution in [-0.4, -0.2) is 28.6 Å². The first-order valence-corrected chi connectivity index (χ1v) is 4.74. The van der Waals surface area contributed by atoms with Crippen LogP contribution in [0.4, 0.5) is 0 Å². The molecule has 1 aliphatic rings. The molecule has 0 fully saturated rings. The van der Waals surface area contributed by atoms with Crippen molar-refractivity contribution in [3.8, 4) is 0 Å². The first-order valence-electron chi connectivity index (χ1n) is 4.74. The van der Waals surface area contributed by atoms with Crippen LogP contribution in [0.3, 0.4) is 0 Å². The van der Waals surface area contributed by atoms with E-state index in [1.165, 1.54) is 0 Å². The number of aliphatic hydroxyl groups excluding tert-OH is 1. The molecule has 14 heavy (non-hydrogen) atoms. The van der Waals surface area contributed by atoms with Gasteiger partial charge in [0.1, 0.15) is 0 Å². The molecule has 4 nitrogen and oxygen atoms in total. The lowest BCUT2D eigenvalue weighted by atomic mass is 10.0. The van der Waals surface area contributed by atoms with Gasteiger partial charge in [-0.15, -0.1) is 0 Å². The van der Waals surface area contributed by atoms with Crippen LogP contribution in [0.25, 0.3) is 0 Å². The van der Waals surface area contributed by atoms with Gasteiger partial charge in [-0.1, -0.05) is 0 Å². The molecule has 0 aliphatic carbocycles. The largest absolute Gasteiger partial charge is 0.391 e. The zero-order valence-electron chi connectivity index (χ0n) is 8.21. The van der Waals surface area contributed by atoms with Gasteiger partial charge in [0.2, 0.25) is 0 Å². The summed E-state index contributed by atoms with van der Waals surface area (Å²) in [6, 6.07) is 1.81. The SMILES string of the molecule is CN1CCc2[nH]c(=O)c(CO)cc2C1. The maximum atomic E-state index is 11.4. The van der Waals surface area contributed by atoms with Crippen LogP contribution in [0.15, 0.2) is 10.9 Å². The number of H-pyrrole nitrogens is 1. The number of likely N-dealkylation sites (N-methyl/N-ethyl adjacent to an activating group) is 1. The summed E-state index contributed by atoms with van der Waals surface area (Å²) < 4.78 is 0. The van der Waals surface area contributed by atoms with Gasteiger partial charge in [0.15, 0.2) is 0 Å². The monoisotopic (exact) mass is 194 g/mol. The molecule has 2 N–H and O–H groups in total. The smallest absolute Gasteiger partial charge is 0.253 e. The van der Waals surface area contributed by atoms with Crippen LogP contribution in [0.1, 0.15) is 16.8 Å². The van der Waals surface area contributed by atoms with Crippen molar-refractivity contribution in [1.29, 1.82) is 0 Å². The third kappa shape index (κ3) is 1.58. The summed E-state index contributed by atoms with van der Waals surface area (Å²) in [5, 5.41) is 8.95. The topological polar surface area (TPSA) is 56.3 Å². The molecule has 0 aromatic carbocycles. The molecule has 0 radical (unpaired) electrons. The van der Waals surface area contributed by atoms with E-state index in [2.05, 4.69) is 9.88 Å². The summed E-state index contributed by atoms with van der Waals surface area (Å²) in [6.07, 6.45) is 0.882. The Hall–Kier alpha value is -1.13. The Morgan fingerprint density at radius 3 is 3.14 bits per heavy atom. The van der Waals surface area contributed by atoms with Gasteiger partial charge >= 0.3 is 0 Å². The molecule has 4 heteroatoms.